The molecule has 0 radical (unpaired) electrons. The molecule has 1 fully saturated rings. The maximum absolute atomic E-state index is 10.4. The van der Waals surface area contributed by atoms with Crippen LogP contribution in [0.5, 0.6) is 0 Å². The molecule has 1 rings (SSSR count). The largest absolute Gasteiger partial charge is 0.303 e. The van der Waals surface area contributed by atoms with E-state index in [1.165, 1.54) is 38.5 Å². The van der Waals surface area contributed by atoms with Gasteiger partial charge in [0.1, 0.15) is 6.29 Å². The Bertz CT molecular complexity index is 125. The molecule has 1 aliphatic carbocycles. The van der Waals surface area contributed by atoms with E-state index in [1.807, 2.05) is 0 Å². The maximum atomic E-state index is 10.4. The van der Waals surface area contributed by atoms with E-state index < -0.39 is 0 Å². The monoisotopic (exact) mass is 168 g/mol. The molecule has 0 unspecified atom stereocenters. The molecule has 0 bridgehead atoms. The van der Waals surface area contributed by atoms with E-state index in [-0.39, 0.29) is 0 Å². The second-order valence-corrected chi connectivity index (χ2v) is 3.97. The molecule has 1 aliphatic rings. The van der Waals surface area contributed by atoms with Gasteiger partial charge in [0.15, 0.2) is 0 Å². The van der Waals surface area contributed by atoms with Crippen molar-refractivity contribution in [2.24, 2.45) is 11.8 Å². The number of hydrogen-bond acceptors (Lipinski definition) is 1. The van der Waals surface area contributed by atoms with E-state index in [0.717, 1.165) is 18.6 Å². The van der Waals surface area contributed by atoms with Gasteiger partial charge >= 0.3 is 0 Å². The quantitative estimate of drug-likeness (QED) is 0.589. The highest BCUT2D eigenvalue weighted by Gasteiger charge is 2.21. The molecule has 0 aromatic carbocycles. The topological polar surface area (TPSA) is 17.1 Å². The average Bonchev–Trinajstić information content (AvgIpc) is 2.15. The van der Waals surface area contributed by atoms with Gasteiger partial charge < -0.3 is 4.79 Å². The summed E-state index contributed by atoms with van der Waals surface area (Å²) in [4.78, 5) is 10.4. The van der Waals surface area contributed by atoms with Crippen molar-refractivity contribution in [2.75, 3.05) is 0 Å². The third-order valence-corrected chi connectivity index (χ3v) is 3.24. The van der Waals surface area contributed by atoms with E-state index in [2.05, 4.69) is 6.92 Å². The standard InChI is InChI=1S/C11H20O/c1-2-10(8-9-12)11-6-4-3-5-7-11/h9-11H,2-8H2,1H3/t10-/m1/s1. The fourth-order valence-electron chi connectivity index (χ4n) is 2.42. The smallest absolute Gasteiger partial charge is 0.120 e. The van der Waals surface area contributed by atoms with Crippen molar-refractivity contribution in [1.82, 2.24) is 0 Å². The Labute approximate surface area is 75.5 Å². The van der Waals surface area contributed by atoms with Crippen molar-refractivity contribution < 1.29 is 4.79 Å². The average molecular weight is 168 g/mol. The highest BCUT2D eigenvalue weighted by atomic mass is 16.1. The summed E-state index contributed by atoms with van der Waals surface area (Å²) in [6.07, 6.45) is 10.0. The normalized spacial score (nSPS) is 22.1. The first-order valence-corrected chi connectivity index (χ1v) is 5.32. The summed E-state index contributed by atoms with van der Waals surface area (Å²) in [7, 11) is 0. The second kappa shape index (κ2) is 5.34. The van der Waals surface area contributed by atoms with E-state index in [4.69, 9.17) is 0 Å². The van der Waals surface area contributed by atoms with Crippen LogP contribution in [-0.4, -0.2) is 6.29 Å². The van der Waals surface area contributed by atoms with Crippen molar-refractivity contribution in [2.45, 2.75) is 51.9 Å². The van der Waals surface area contributed by atoms with Crippen LogP contribution < -0.4 is 0 Å². The van der Waals surface area contributed by atoms with Crippen LogP contribution in [0.15, 0.2) is 0 Å². The fourth-order valence-corrected chi connectivity index (χ4v) is 2.42. The Morgan fingerprint density at radius 2 is 2.00 bits per heavy atom. The van der Waals surface area contributed by atoms with Crippen molar-refractivity contribution in [3.05, 3.63) is 0 Å². The van der Waals surface area contributed by atoms with Crippen molar-refractivity contribution in [3.8, 4) is 0 Å². The van der Waals surface area contributed by atoms with Crippen LogP contribution >= 0.6 is 0 Å². The SMILES string of the molecule is CC[C@H](CC=O)C1CCCCC1. The molecule has 0 saturated heterocycles. The Kier molecular flexibility index (Phi) is 4.34. The lowest BCUT2D eigenvalue weighted by Gasteiger charge is -2.28. The highest BCUT2D eigenvalue weighted by molar-refractivity contribution is 5.49. The zero-order valence-electron chi connectivity index (χ0n) is 8.09. The molecule has 1 saturated carbocycles. The minimum Gasteiger partial charge on any atom is -0.303 e. The van der Waals surface area contributed by atoms with E-state index >= 15 is 0 Å². The van der Waals surface area contributed by atoms with Crippen LogP contribution in [-0.2, 0) is 4.79 Å². The summed E-state index contributed by atoms with van der Waals surface area (Å²) >= 11 is 0. The van der Waals surface area contributed by atoms with Gasteiger partial charge in [-0.05, 0) is 11.8 Å². The minimum atomic E-state index is 0.683. The van der Waals surface area contributed by atoms with Gasteiger partial charge in [-0.2, -0.15) is 0 Å². The van der Waals surface area contributed by atoms with E-state index in [0.29, 0.717) is 5.92 Å². The molecular weight excluding hydrogens is 148 g/mol. The van der Waals surface area contributed by atoms with Gasteiger partial charge in [0.2, 0.25) is 0 Å². The summed E-state index contributed by atoms with van der Waals surface area (Å²) < 4.78 is 0. The number of carbonyl (C=O) groups is 1. The zero-order valence-corrected chi connectivity index (χ0v) is 8.09. The molecule has 0 N–H and O–H groups in total. The van der Waals surface area contributed by atoms with Gasteiger partial charge in [-0.3, -0.25) is 0 Å². The van der Waals surface area contributed by atoms with Gasteiger partial charge in [0.05, 0.1) is 0 Å². The van der Waals surface area contributed by atoms with Crippen LogP contribution in [0.3, 0.4) is 0 Å². The summed E-state index contributed by atoms with van der Waals surface area (Å²) in [5, 5.41) is 0. The number of hydrogen-bond donors (Lipinski definition) is 0. The summed E-state index contributed by atoms with van der Waals surface area (Å²) in [5.41, 5.74) is 0. The molecule has 0 aliphatic heterocycles. The van der Waals surface area contributed by atoms with E-state index in [1.54, 1.807) is 0 Å². The Morgan fingerprint density at radius 1 is 1.33 bits per heavy atom. The molecule has 0 aromatic heterocycles. The van der Waals surface area contributed by atoms with Gasteiger partial charge in [0.25, 0.3) is 0 Å². The van der Waals surface area contributed by atoms with Crippen molar-refractivity contribution in [1.29, 1.82) is 0 Å². The minimum absolute atomic E-state index is 0.683. The molecule has 1 heteroatoms. The molecular formula is C11H20O. The Balaban J connectivity index is 2.34. The lowest BCUT2D eigenvalue weighted by Crippen LogP contribution is -2.17. The second-order valence-electron chi connectivity index (χ2n) is 3.97. The third kappa shape index (κ3) is 2.62. The zero-order chi connectivity index (χ0) is 8.81. The van der Waals surface area contributed by atoms with Gasteiger partial charge in [-0.25, -0.2) is 0 Å². The molecule has 0 heterocycles. The summed E-state index contributed by atoms with van der Waals surface area (Å²) in [6.45, 7) is 2.21. The van der Waals surface area contributed by atoms with Gasteiger partial charge in [-0.1, -0.05) is 45.4 Å². The molecule has 0 amide bonds. The van der Waals surface area contributed by atoms with Crippen molar-refractivity contribution >= 4 is 6.29 Å². The first-order chi connectivity index (χ1) is 5.88. The van der Waals surface area contributed by atoms with Gasteiger partial charge in [0, 0.05) is 6.42 Å². The molecule has 1 atom stereocenters. The molecule has 1 nitrogen and oxygen atoms in total. The van der Waals surface area contributed by atoms with Gasteiger partial charge in [-0.15, -0.1) is 0 Å². The predicted molar refractivity (Wildman–Crippen MR) is 51.0 cm³/mol. The number of aldehydes is 1. The predicted octanol–water partition coefficient (Wildman–Crippen LogP) is 3.18. The van der Waals surface area contributed by atoms with Crippen LogP contribution in [0.4, 0.5) is 0 Å². The number of rotatable bonds is 4. The van der Waals surface area contributed by atoms with Crippen LogP contribution in [0.2, 0.25) is 0 Å². The highest BCUT2D eigenvalue weighted by Crippen LogP contribution is 2.32. The fraction of sp³-hybridized carbons (Fsp3) is 0.909. The molecule has 0 spiro atoms. The molecule has 70 valence electrons. The molecule has 12 heavy (non-hydrogen) atoms. The lowest BCUT2D eigenvalue weighted by molar-refractivity contribution is -0.109. The maximum Gasteiger partial charge on any atom is 0.120 e. The van der Waals surface area contributed by atoms with Crippen LogP contribution in [0.1, 0.15) is 51.9 Å². The Hall–Kier alpha value is -0.330. The lowest BCUT2D eigenvalue weighted by atomic mass is 9.78. The Morgan fingerprint density at radius 3 is 2.50 bits per heavy atom. The first kappa shape index (κ1) is 9.76. The molecule has 0 aromatic rings. The van der Waals surface area contributed by atoms with Crippen LogP contribution in [0.25, 0.3) is 0 Å². The summed E-state index contributed by atoms with van der Waals surface area (Å²) in [6, 6.07) is 0. The van der Waals surface area contributed by atoms with Crippen LogP contribution in [0, 0.1) is 11.8 Å². The summed E-state index contributed by atoms with van der Waals surface area (Å²) in [5.74, 6) is 1.54. The van der Waals surface area contributed by atoms with Crippen molar-refractivity contribution in [3.63, 3.8) is 0 Å². The first-order valence-electron chi connectivity index (χ1n) is 5.32. The number of carbonyl (C=O) groups excluding carboxylic acids is 1. The van der Waals surface area contributed by atoms with E-state index in [9.17, 15) is 4.79 Å². The third-order valence-electron chi connectivity index (χ3n) is 3.24.